The summed E-state index contributed by atoms with van der Waals surface area (Å²) in [6.45, 7) is 0. The van der Waals surface area contributed by atoms with E-state index in [9.17, 15) is 14.7 Å². The van der Waals surface area contributed by atoms with Crippen molar-refractivity contribution in [1.82, 2.24) is 15.1 Å². The summed E-state index contributed by atoms with van der Waals surface area (Å²) in [6, 6.07) is 20.3. The molecule has 3 N–H and O–H groups in total. The van der Waals surface area contributed by atoms with Crippen molar-refractivity contribution in [2.24, 2.45) is 5.92 Å². The van der Waals surface area contributed by atoms with Crippen molar-refractivity contribution in [2.75, 3.05) is 0 Å². The predicted octanol–water partition coefficient (Wildman–Crippen LogP) is 2.28. The van der Waals surface area contributed by atoms with Crippen LogP contribution in [0.1, 0.15) is 28.9 Å². The number of carbonyl (C=O) groups is 1. The van der Waals surface area contributed by atoms with Crippen molar-refractivity contribution in [2.45, 2.75) is 31.4 Å². The number of hydrogen-bond donors (Lipinski definition) is 3. The average molecular weight is 377 g/mol. The third-order valence-electron chi connectivity index (χ3n) is 5.31. The molecule has 6 nitrogen and oxygen atoms in total. The standard InChI is InChI=1S/C22H23N3O3/c26-18-12-16(13-18)19(11-15-7-3-1-4-8-15)23-22(28)20-14-21(27)25(24-20)17-9-5-2-6-10-17/h1-10,14,16,18-19,24,26H,11-13H2,(H,23,28)/t16?,18?,19-/m0/s1. The molecule has 28 heavy (non-hydrogen) atoms. The van der Waals surface area contributed by atoms with Crippen molar-refractivity contribution in [3.05, 3.63) is 88.3 Å². The van der Waals surface area contributed by atoms with Gasteiger partial charge in [-0.25, -0.2) is 4.68 Å². The molecule has 144 valence electrons. The second-order valence-corrected chi connectivity index (χ2v) is 7.33. The average Bonchev–Trinajstić information content (AvgIpc) is 3.08. The van der Waals surface area contributed by atoms with Crippen LogP contribution < -0.4 is 10.9 Å². The third-order valence-corrected chi connectivity index (χ3v) is 5.31. The number of nitrogens with one attached hydrogen (secondary N) is 2. The van der Waals surface area contributed by atoms with E-state index in [0.717, 1.165) is 5.56 Å². The third kappa shape index (κ3) is 3.92. The molecule has 0 unspecified atom stereocenters. The van der Waals surface area contributed by atoms with Crippen molar-refractivity contribution in [1.29, 1.82) is 0 Å². The maximum absolute atomic E-state index is 12.8. The van der Waals surface area contributed by atoms with Crippen molar-refractivity contribution in [3.8, 4) is 5.69 Å². The number of aromatic nitrogens is 2. The van der Waals surface area contributed by atoms with E-state index in [2.05, 4.69) is 10.4 Å². The molecule has 1 aliphatic carbocycles. The topological polar surface area (TPSA) is 87.1 Å². The number of benzene rings is 2. The minimum absolute atomic E-state index is 0.0955. The summed E-state index contributed by atoms with van der Waals surface area (Å²) in [6.07, 6.45) is 1.76. The molecule has 1 heterocycles. The fourth-order valence-corrected chi connectivity index (χ4v) is 3.69. The number of H-pyrrole nitrogens is 1. The van der Waals surface area contributed by atoms with Gasteiger partial charge < -0.3 is 10.4 Å². The van der Waals surface area contributed by atoms with Crippen LogP contribution in [0.3, 0.4) is 0 Å². The molecule has 1 fully saturated rings. The van der Waals surface area contributed by atoms with Crippen molar-refractivity contribution >= 4 is 5.91 Å². The summed E-state index contributed by atoms with van der Waals surface area (Å²) < 4.78 is 1.36. The van der Waals surface area contributed by atoms with Gasteiger partial charge in [0.15, 0.2) is 0 Å². The number of amides is 1. The summed E-state index contributed by atoms with van der Waals surface area (Å²) in [7, 11) is 0. The van der Waals surface area contributed by atoms with Crippen LogP contribution in [0.5, 0.6) is 0 Å². The van der Waals surface area contributed by atoms with Gasteiger partial charge in [0.1, 0.15) is 5.69 Å². The minimum Gasteiger partial charge on any atom is -0.393 e. The number of aliphatic hydroxyl groups is 1. The Morgan fingerprint density at radius 3 is 2.39 bits per heavy atom. The smallest absolute Gasteiger partial charge is 0.271 e. The normalized spacial score (nSPS) is 19.6. The lowest BCUT2D eigenvalue weighted by Crippen LogP contribution is -2.48. The highest BCUT2D eigenvalue weighted by Gasteiger charge is 2.35. The maximum atomic E-state index is 12.8. The molecule has 3 aromatic rings. The molecule has 0 saturated heterocycles. The zero-order chi connectivity index (χ0) is 19.5. The van der Waals surface area contributed by atoms with E-state index < -0.39 is 0 Å². The first-order valence-electron chi connectivity index (χ1n) is 9.50. The molecule has 0 spiro atoms. The van der Waals surface area contributed by atoms with E-state index in [1.165, 1.54) is 10.7 Å². The first kappa shape index (κ1) is 18.3. The Kier molecular flexibility index (Phi) is 5.12. The summed E-state index contributed by atoms with van der Waals surface area (Å²) in [5.41, 5.74) is 1.75. The molecule has 2 aromatic carbocycles. The van der Waals surface area contributed by atoms with Gasteiger partial charge in [-0.1, -0.05) is 48.5 Å². The molecule has 1 atom stereocenters. The second-order valence-electron chi connectivity index (χ2n) is 7.33. The van der Waals surface area contributed by atoms with Crippen LogP contribution >= 0.6 is 0 Å². The molecular formula is C22H23N3O3. The van der Waals surface area contributed by atoms with E-state index in [4.69, 9.17) is 0 Å². The van der Waals surface area contributed by atoms with Crippen molar-refractivity contribution < 1.29 is 9.90 Å². The van der Waals surface area contributed by atoms with Gasteiger partial charge >= 0.3 is 0 Å². The Labute approximate surface area is 162 Å². The minimum atomic E-state index is -0.311. The van der Waals surface area contributed by atoms with Crippen LogP contribution in [0.15, 0.2) is 71.5 Å². The van der Waals surface area contributed by atoms with E-state index in [1.54, 1.807) is 12.1 Å². The summed E-state index contributed by atoms with van der Waals surface area (Å²) in [4.78, 5) is 25.1. The van der Waals surface area contributed by atoms with Gasteiger partial charge in [0.05, 0.1) is 11.8 Å². The lowest BCUT2D eigenvalue weighted by atomic mass is 9.75. The van der Waals surface area contributed by atoms with Gasteiger partial charge in [0, 0.05) is 12.1 Å². The Balaban J connectivity index is 1.52. The van der Waals surface area contributed by atoms with Crippen LogP contribution in [0.2, 0.25) is 0 Å². The highest BCUT2D eigenvalue weighted by Crippen LogP contribution is 2.31. The largest absolute Gasteiger partial charge is 0.393 e. The molecule has 0 bridgehead atoms. The van der Waals surface area contributed by atoms with E-state index in [1.807, 2.05) is 48.5 Å². The quantitative estimate of drug-likeness (QED) is 0.616. The van der Waals surface area contributed by atoms with Gasteiger partial charge in [-0.3, -0.25) is 14.7 Å². The number of aliphatic hydroxyl groups excluding tert-OH is 1. The molecule has 1 saturated carbocycles. The van der Waals surface area contributed by atoms with E-state index in [0.29, 0.717) is 24.9 Å². The molecule has 0 radical (unpaired) electrons. The number of para-hydroxylation sites is 1. The Bertz CT molecular complexity index is 989. The van der Waals surface area contributed by atoms with Gasteiger partial charge in [-0.2, -0.15) is 0 Å². The van der Waals surface area contributed by atoms with Crippen molar-refractivity contribution in [3.63, 3.8) is 0 Å². The summed E-state index contributed by atoms with van der Waals surface area (Å²) in [5, 5.41) is 15.6. The second kappa shape index (κ2) is 7.86. The van der Waals surface area contributed by atoms with Gasteiger partial charge in [0.25, 0.3) is 11.5 Å². The first-order chi connectivity index (χ1) is 13.6. The zero-order valence-corrected chi connectivity index (χ0v) is 15.4. The predicted molar refractivity (Wildman–Crippen MR) is 107 cm³/mol. The van der Waals surface area contributed by atoms with E-state index in [-0.39, 0.29) is 35.2 Å². The van der Waals surface area contributed by atoms with E-state index >= 15 is 0 Å². The molecule has 1 aromatic heterocycles. The molecule has 1 amide bonds. The zero-order valence-electron chi connectivity index (χ0n) is 15.4. The molecule has 0 aliphatic heterocycles. The molecule has 1 aliphatic rings. The van der Waals surface area contributed by atoms with Crippen LogP contribution in [0.4, 0.5) is 0 Å². The molecule has 6 heteroatoms. The van der Waals surface area contributed by atoms with Crippen LogP contribution in [0.25, 0.3) is 5.69 Å². The number of rotatable bonds is 6. The number of carbonyl (C=O) groups excluding carboxylic acids is 1. The number of hydrogen-bond acceptors (Lipinski definition) is 3. The lowest BCUT2D eigenvalue weighted by molar-refractivity contribution is 0.0238. The summed E-state index contributed by atoms with van der Waals surface area (Å²) >= 11 is 0. The fourth-order valence-electron chi connectivity index (χ4n) is 3.69. The molecular weight excluding hydrogens is 354 g/mol. The monoisotopic (exact) mass is 377 g/mol. The number of nitrogens with zero attached hydrogens (tertiary/aromatic N) is 1. The first-order valence-corrected chi connectivity index (χ1v) is 9.50. The highest BCUT2D eigenvalue weighted by molar-refractivity contribution is 5.92. The van der Waals surface area contributed by atoms with Crippen LogP contribution in [-0.2, 0) is 6.42 Å². The lowest BCUT2D eigenvalue weighted by Gasteiger charge is -2.38. The SMILES string of the molecule is O=C(N[C@@H](Cc1ccccc1)C1CC(O)C1)c1cc(=O)n(-c2ccccc2)[nH]1. The van der Waals surface area contributed by atoms with Crippen LogP contribution in [-0.4, -0.2) is 32.9 Å². The van der Waals surface area contributed by atoms with Gasteiger partial charge in [-0.05, 0) is 42.9 Å². The Morgan fingerprint density at radius 2 is 1.75 bits per heavy atom. The Morgan fingerprint density at radius 1 is 1.11 bits per heavy atom. The maximum Gasteiger partial charge on any atom is 0.271 e. The highest BCUT2D eigenvalue weighted by atomic mass is 16.3. The fraction of sp³-hybridized carbons (Fsp3) is 0.273. The van der Waals surface area contributed by atoms with Gasteiger partial charge in [0.2, 0.25) is 0 Å². The molecule has 4 rings (SSSR count). The van der Waals surface area contributed by atoms with Gasteiger partial charge in [-0.15, -0.1) is 0 Å². The van der Waals surface area contributed by atoms with Crippen LogP contribution in [0, 0.1) is 5.92 Å². The summed E-state index contributed by atoms with van der Waals surface area (Å²) in [5.74, 6) is -0.0869. The number of aromatic amines is 1. The Hall–Kier alpha value is -3.12.